The Balaban J connectivity index is 1.36. The number of rotatable bonds is 5. The molecule has 174 valence electrons. The van der Waals surface area contributed by atoms with Crippen LogP contribution in [-0.2, 0) is 0 Å². The number of alkyl halides is 3. The molecule has 0 aliphatic carbocycles. The highest BCUT2D eigenvalue weighted by atomic mass is 19.4. The van der Waals surface area contributed by atoms with E-state index < -0.39 is 6.36 Å². The minimum absolute atomic E-state index is 0.125. The summed E-state index contributed by atoms with van der Waals surface area (Å²) in [6.07, 6.45) is -4.19. The highest BCUT2D eigenvalue weighted by molar-refractivity contribution is 5.89. The van der Waals surface area contributed by atoms with Crippen LogP contribution in [0.2, 0.25) is 0 Å². The van der Waals surface area contributed by atoms with Gasteiger partial charge in [-0.05, 0) is 56.8 Å². The highest BCUT2D eigenvalue weighted by Gasteiger charge is 2.35. The third-order valence-corrected chi connectivity index (χ3v) is 5.27. The summed E-state index contributed by atoms with van der Waals surface area (Å²) in [6, 6.07) is 12.1. The number of nitrogens with one attached hydrogen (secondary N) is 2. The molecule has 2 aromatic carbocycles. The van der Waals surface area contributed by atoms with E-state index in [2.05, 4.69) is 25.5 Å². The maximum absolute atomic E-state index is 12.3. The van der Waals surface area contributed by atoms with Crippen molar-refractivity contribution in [3.8, 4) is 17.1 Å². The molecule has 4 rings (SSSR count). The SMILES string of the molecule is Cc1ccc(NC(=O)N[C@H]2C[C@@H](c3nc(-c4ccc(OC(F)(F)F)cc4)no3)N(C)C2)cc1. The molecule has 1 saturated heterocycles. The van der Waals surface area contributed by atoms with Crippen LogP contribution < -0.4 is 15.4 Å². The third kappa shape index (κ3) is 5.80. The lowest BCUT2D eigenvalue weighted by Crippen LogP contribution is -2.39. The lowest BCUT2D eigenvalue weighted by atomic mass is 10.1. The second-order valence-electron chi connectivity index (χ2n) is 7.88. The molecule has 1 aliphatic rings. The molecule has 0 unspecified atom stereocenters. The first-order valence-electron chi connectivity index (χ1n) is 10.2. The molecule has 0 radical (unpaired) electrons. The quantitative estimate of drug-likeness (QED) is 0.581. The number of likely N-dealkylation sites (N-methyl/N-ethyl adjacent to an activating group) is 1. The summed E-state index contributed by atoms with van der Waals surface area (Å²) in [6.45, 7) is 2.56. The normalized spacial score (nSPS) is 18.8. The number of hydrogen-bond acceptors (Lipinski definition) is 6. The molecule has 3 aromatic rings. The van der Waals surface area contributed by atoms with E-state index in [0.717, 1.165) is 5.56 Å². The summed E-state index contributed by atoms with van der Waals surface area (Å²) in [5.74, 6) is 0.292. The van der Waals surface area contributed by atoms with Crippen molar-refractivity contribution < 1.29 is 27.2 Å². The fraction of sp³-hybridized carbons (Fsp3) is 0.318. The molecule has 1 aliphatic heterocycles. The number of aryl methyl sites for hydroxylation is 1. The lowest BCUT2D eigenvalue weighted by Gasteiger charge is -2.14. The molecule has 0 bridgehead atoms. The van der Waals surface area contributed by atoms with E-state index in [1.54, 1.807) is 0 Å². The molecule has 1 aromatic heterocycles. The van der Waals surface area contributed by atoms with Crippen molar-refractivity contribution in [2.24, 2.45) is 0 Å². The number of halogens is 3. The predicted molar refractivity (Wildman–Crippen MR) is 114 cm³/mol. The molecule has 2 heterocycles. The van der Waals surface area contributed by atoms with Crippen LogP contribution in [0.3, 0.4) is 0 Å². The molecular weight excluding hydrogens is 439 g/mol. The van der Waals surface area contributed by atoms with Crippen LogP contribution in [0.1, 0.15) is 23.9 Å². The number of likely N-dealkylation sites (tertiary alicyclic amines) is 1. The van der Waals surface area contributed by atoms with Crippen LogP contribution in [0, 0.1) is 6.92 Å². The van der Waals surface area contributed by atoms with Gasteiger partial charge in [-0.3, -0.25) is 4.90 Å². The summed E-state index contributed by atoms with van der Waals surface area (Å²) in [4.78, 5) is 18.7. The first-order valence-corrected chi connectivity index (χ1v) is 10.2. The van der Waals surface area contributed by atoms with E-state index in [1.165, 1.54) is 24.3 Å². The molecule has 2 N–H and O–H groups in total. The molecule has 0 spiro atoms. The topological polar surface area (TPSA) is 92.5 Å². The number of aromatic nitrogens is 2. The average Bonchev–Trinajstić information content (AvgIpc) is 3.36. The maximum atomic E-state index is 12.3. The van der Waals surface area contributed by atoms with Crippen LogP contribution >= 0.6 is 0 Å². The standard InChI is InChI=1S/C22H22F3N5O3/c1-13-3-7-15(8-4-13)26-21(31)27-16-11-18(30(2)12-16)20-28-19(29-33-20)14-5-9-17(10-6-14)32-22(23,24)25/h3-10,16,18H,11-12H2,1-2H3,(H2,26,27,31)/t16-,18-/m0/s1. The van der Waals surface area contributed by atoms with Crippen molar-refractivity contribution >= 4 is 11.7 Å². The van der Waals surface area contributed by atoms with Gasteiger partial charge < -0.3 is 19.9 Å². The largest absolute Gasteiger partial charge is 0.573 e. The number of benzene rings is 2. The predicted octanol–water partition coefficient (Wildman–Crippen LogP) is 4.51. The Hall–Kier alpha value is -3.60. The Morgan fingerprint density at radius 2 is 1.85 bits per heavy atom. The van der Waals surface area contributed by atoms with Gasteiger partial charge in [0.2, 0.25) is 11.7 Å². The molecule has 2 amide bonds. The number of nitrogens with zero attached hydrogens (tertiary/aromatic N) is 3. The van der Waals surface area contributed by atoms with Gasteiger partial charge in [-0.15, -0.1) is 13.2 Å². The first kappa shape index (κ1) is 22.6. The van der Waals surface area contributed by atoms with Gasteiger partial charge in [0.15, 0.2) is 0 Å². The van der Waals surface area contributed by atoms with E-state index in [9.17, 15) is 18.0 Å². The van der Waals surface area contributed by atoms with Gasteiger partial charge in [-0.25, -0.2) is 4.79 Å². The Bertz CT molecular complexity index is 1100. The van der Waals surface area contributed by atoms with Crippen LogP contribution in [0.25, 0.3) is 11.4 Å². The summed E-state index contributed by atoms with van der Waals surface area (Å²) in [5, 5.41) is 9.70. The number of ether oxygens (including phenoxy) is 1. The van der Waals surface area contributed by atoms with E-state index >= 15 is 0 Å². The van der Waals surface area contributed by atoms with E-state index in [4.69, 9.17) is 4.52 Å². The summed E-state index contributed by atoms with van der Waals surface area (Å²) < 4.78 is 46.2. The molecule has 0 saturated carbocycles. The molecule has 33 heavy (non-hydrogen) atoms. The number of amides is 2. The number of hydrogen-bond donors (Lipinski definition) is 2. The number of anilines is 1. The molecule has 11 heteroatoms. The smallest absolute Gasteiger partial charge is 0.406 e. The monoisotopic (exact) mass is 461 g/mol. The van der Waals surface area contributed by atoms with Crippen molar-refractivity contribution in [2.75, 3.05) is 18.9 Å². The lowest BCUT2D eigenvalue weighted by molar-refractivity contribution is -0.274. The molecule has 8 nitrogen and oxygen atoms in total. The second-order valence-corrected chi connectivity index (χ2v) is 7.88. The van der Waals surface area contributed by atoms with Crippen LogP contribution in [0.4, 0.5) is 23.7 Å². The fourth-order valence-electron chi connectivity index (χ4n) is 3.68. The van der Waals surface area contributed by atoms with Gasteiger partial charge in [-0.2, -0.15) is 4.98 Å². The maximum Gasteiger partial charge on any atom is 0.573 e. The Morgan fingerprint density at radius 1 is 1.15 bits per heavy atom. The summed E-state index contributed by atoms with van der Waals surface area (Å²) in [7, 11) is 1.89. The van der Waals surface area contributed by atoms with E-state index in [1.807, 2.05) is 43.1 Å². The van der Waals surface area contributed by atoms with Gasteiger partial charge in [-0.1, -0.05) is 22.9 Å². The summed E-state index contributed by atoms with van der Waals surface area (Å²) >= 11 is 0. The van der Waals surface area contributed by atoms with Crippen molar-refractivity contribution in [3.05, 3.63) is 60.0 Å². The molecule has 1 fully saturated rings. The third-order valence-electron chi connectivity index (χ3n) is 5.27. The average molecular weight is 461 g/mol. The minimum Gasteiger partial charge on any atom is -0.406 e. The highest BCUT2D eigenvalue weighted by Crippen LogP contribution is 2.31. The zero-order valence-corrected chi connectivity index (χ0v) is 17.9. The molecule has 2 atom stereocenters. The Morgan fingerprint density at radius 3 is 2.52 bits per heavy atom. The first-order chi connectivity index (χ1) is 15.7. The van der Waals surface area contributed by atoms with E-state index in [0.29, 0.717) is 30.1 Å². The number of urea groups is 1. The summed E-state index contributed by atoms with van der Waals surface area (Å²) in [5.41, 5.74) is 2.30. The van der Waals surface area contributed by atoms with Crippen molar-refractivity contribution in [3.63, 3.8) is 0 Å². The fourth-order valence-corrected chi connectivity index (χ4v) is 3.68. The van der Waals surface area contributed by atoms with Crippen molar-refractivity contribution in [1.29, 1.82) is 0 Å². The van der Waals surface area contributed by atoms with Crippen LogP contribution in [0.5, 0.6) is 5.75 Å². The van der Waals surface area contributed by atoms with Gasteiger partial charge in [0.05, 0.1) is 6.04 Å². The Labute approximate surface area is 187 Å². The molecular formula is C22H22F3N5O3. The minimum atomic E-state index is -4.75. The van der Waals surface area contributed by atoms with Gasteiger partial charge in [0.25, 0.3) is 0 Å². The van der Waals surface area contributed by atoms with Gasteiger partial charge in [0.1, 0.15) is 5.75 Å². The number of carbonyl (C=O) groups is 1. The van der Waals surface area contributed by atoms with E-state index in [-0.39, 0.29) is 29.7 Å². The van der Waals surface area contributed by atoms with Gasteiger partial charge >= 0.3 is 12.4 Å². The van der Waals surface area contributed by atoms with Gasteiger partial charge in [0, 0.05) is 23.8 Å². The Kier molecular flexibility index (Phi) is 6.23. The van der Waals surface area contributed by atoms with Crippen LogP contribution in [-0.4, -0.2) is 47.1 Å². The second kappa shape index (κ2) is 9.10. The van der Waals surface area contributed by atoms with Crippen molar-refractivity contribution in [1.82, 2.24) is 20.4 Å². The number of carbonyl (C=O) groups excluding carboxylic acids is 1. The van der Waals surface area contributed by atoms with Crippen molar-refractivity contribution in [2.45, 2.75) is 31.8 Å². The van der Waals surface area contributed by atoms with Crippen LogP contribution in [0.15, 0.2) is 53.1 Å². The zero-order chi connectivity index (χ0) is 23.6. The zero-order valence-electron chi connectivity index (χ0n) is 17.9.